The molecule has 4 rings (SSSR count). The van der Waals surface area contributed by atoms with Crippen molar-refractivity contribution in [1.29, 1.82) is 0 Å². The molecule has 0 bridgehead atoms. The van der Waals surface area contributed by atoms with E-state index in [4.69, 9.17) is 0 Å². The minimum Gasteiger partial charge on any atom is -0.370 e. The van der Waals surface area contributed by atoms with E-state index >= 15 is 0 Å². The van der Waals surface area contributed by atoms with Crippen LogP contribution in [0.4, 0.5) is 22.0 Å². The quantitative estimate of drug-likeness (QED) is 0.635. The number of benzene rings is 2. The summed E-state index contributed by atoms with van der Waals surface area (Å²) in [5.41, 5.74) is 3.29. The zero-order valence-electron chi connectivity index (χ0n) is 16.4. The summed E-state index contributed by atoms with van der Waals surface area (Å²) >= 11 is 0. The van der Waals surface area contributed by atoms with E-state index in [0.717, 1.165) is 36.8 Å². The van der Waals surface area contributed by atoms with Crippen LogP contribution >= 0.6 is 0 Å². The number of aromatic nitrogens is 1. The highest BCUT2D eigenvalue weighted by atomic mass is 16.2. The van der Waals surface area contributed by atoms with Gasteiger partial charge >= 0.3 is 6.03 Å². The molecule has 1 aromatic heterocycles. The van der Waals surface area contributed by atoms with Gasteiger partial charge in [0.05, 0.1) is 11.9 Å². The Hall–Kier alpha value is -3.34. The normalized spacial score (nSPS) is 14.4. The molecule has 1 aliphatic heterocycles. The van der Waals surface area contributed by atoms with Crippen LogP contribution in [0.3, 0.4) is 0 Å². The van der Waals surface area contributed by atoms with Gasteiger partial charge in [-0.05, 0) is 55.0 Å². The maximum atomic E-state index is 12.1. The largest absolute Gasteiger partial charge is 0.370 e. The summed E-state index contributed by atoms with van der Waals surface area (Å²) < 4.78 is 0. The highest BCUT2D eigenvalue weighted by molar-refractivity contribution is 5.99. The Morgan fingerprint density at radius 2 is 1.59 bits per heavy atom. The Kier molecular flexibility index (Phi) is 6.05. The summed E-state index contributed by atoms with van der Waals surface area (Å²) in [6.45, 7) is 2.08. The van der Waals surface area contributed by atoms with Gasteiger partial charge in [0.2, 0.25) is 0 Å². The maximum absolute atomic E-state index is 12.1. The zero-order chi connectivity index (χ0) is 19.9. The van der Waals surface area contributed by atoms with Crippen molar-refractivity contribution in [1.82, 2.24) is 4.98 Å². The smallest absolute Gasteiger partial charge is 0.324 e. The lowest BCUT2D eigenvalue weighted by Gasteiger charge is -2.33. The lowest BCUT2D eigenvalue weighted by Crippen LogP contribution is -2.34. The van der Waals surface area contributed by atoms with E-state index < -0.39 is 0 Å². The van der Waals surface area contributed by atoms with Crippen molar-refractivity contribution in [2.75, 3.05) is 28.6 Å². The number of hydrogen-bond acceptors (Lipinski definition) is 3. The second kappa shape index (κ2) is 9.24. The molecule has 29 heavy (non-hydrogen) atoms. The molecular weight excluding hydrogens is 360 g/mol. The summed E-state index contributed by atoms with van der Waals surface area (Å²) in [5, 5.41) is 5.57. The van der Waals surface area contributed by atoms with Crippen molar-refractivity contribution in [3.8, 4) is 0 Å². The van der Waals surface area contributed by atoms with Gasteiger partial charge in [-0.15, -0.1) is 0 Å². The first-order valence-electron chi connectivity index (χ1n) is 10.1. The molecule has 1 saturated heterocycles. The van der Waals surface area contributed by atoms with Crippen LogP contribution in [-0.4, -0.2) is 24.1 Å². The van der Waals surface area contributed by atoms with Crippen LogP contribution in [-0.2, 0) is 6.42 Å². The third kappa shape index (κ3) is 5.35. The number of para-hydroxylation sites is 1. The monoisotopic (exact) mass is 386 g/mol. The number of hydrogen-bond donors (Lipinski definition) is 2. The molecular formula is C24H26N4O. The van der Waals surface area contributed by atoms with Crippen LogP contribution in [0, 0.1) is 5.92 Å². The van der Waals surface area contributed by atoms with Gasteiger partial charge < -0.3 is 10.2 Å². The predicted molar refractivity (Wildman–Crippen MR) is 118 cm³/mol. The Bertz CT molecular complexity index is 905. The fourth-order valence-corrected chi connectivity index (χ4v) is 3.79. The van der Waals surface area contributed by atoms with Crippen LogP contribution in [0.2, 0.25) is 0 Å². The number of carbonyl (C=O) groups excluding carboxylic acids is 1. The SMILES string of the molecule is O=C(Nc1ccccc1)Nc1ccc(N2CCC(Cc3ccccc3)CC2)cn1. The average molecular weight is 386 g/mol. The van der Waals surface area contributed by atoms with E-state index in [1.165, 1.54) is 18.4 Å². The number of nitrogens with zero attached hydrogens (tertiary/aromatic N) is 2. The minimum absolute atomic E-state index is 0.293. The number of rotatable bonds is 5. The standard InChI is InChI=1S/C24H26N4O/c29-24(26-21-9-5-2-6-10-21)27-23-12-11-22(18-25-23)28-15-13-20(14-16-28)17-19-7-3-1-4-8-19/h1-12,18,20H,13-17H2,(H2,25,26,27,29). The fourth-order valence-electron chi connectivity index (χ4n) is 3.79. The molecule has 1 fully saturated rings. The predicted octanol–water partition coefficient (Wildman–Crippen LogP) is 5.18. The van der Waals surface area contributed by atoms with Crippen LogP contribution < -0.4 is 15.5 Å². The van der Waals surface area contributed by atoms with Crippen LogP contribution in [0.5, 0.6) is 0 Å². The second-order valence-corrected chi connectivity index (χ2v) is 7.47. The van der Waals surface area contributed by atoms with E-state index in [1.54, 1.807) is 0 Å². The molecule has 0 aliphatic carbocycles. The second-order valence-electron chi connectivity index (χ2n) is 7.47. The van der Waals surface area contributed by atoms with Gasteiger partial charge in [0.1, 0.15) is 5.82 Å². The van der Waals surface area contributed by atoms with Gasteiger partial charge in [-0.2, -0.15) is 0 Å². The van der Waals surface area contributed by atoms with E-state index in [1.807, 2.05) is 48.7 Å². The van der Waals surface area contributed by atoms with Crippen molar-refractivity contribution in [3.63, 3.8) is 0 Å². The zero-order valence-corrected chi connectivity index (χ0v) is 16.4. The molecule has 2 amide bonds. The summed E-state index contributed by atoms with van der Waals surface area (Å²) in [6.07, 6.45) is 5.38. The summed E-state index contributed by atoms with van der Waals surface area (Å²) in [5.74, 6) is 1.28. The van der Waals surface area contributed by atoms with Crippen LogP contribution in [0.15, 0.2) is 79.0 Å². The lowest BCUT2D eigenvalue weighted by molar-refractivity contribution is 0.262. The molecule has 2 heterocycles. The Balaban J connectivity index is 1.27. The molecule has 5 nitrogen and oxygen atoms in total. The fraction of sp³-hybridized carbons (Fsp3) is 0.250. The van der Waals surface area contributed by atoms with E-state index in [0.29, 0.717) is 5.82 Å². The Morgan fingerprint density at radius 1 is 0.897 bits per heavy atom. The van der Waals surface area contributed by atoms with Crippen molar-refractivity contribution >= 4 is 23.2 Å². The molecule has 0 atom stereocenters. The molecule has 0 unspecified atom stereocenters. The van der Waals surface area contributed by atoms with E-state index in [-0.39, 0.29) is 6.03 Å². The third-order valence-corrected chi connectivity index (χ3v) is 5.37. The topological polar surface area (TPSA) is 57.3 Å². The number of piperidine rings is 1. The molecule has 148 valence electrons. The Labute approximate surface area is 171 Å². The number of urea groups is 1. The molecule has 2 N–H and O–H groups in total. The van der Waals surface area contributed by atoms with Crippen molar-refractivity contribution in [2.45, 2.75) is 19.3 Å². The van der Waals surface area contributed by atoms with Gasteiger partial charge in [-0.25, -0.2) is 9.78 Å². The van der Waals surface area contributed by atoms with Gasteiger partial charge in [0.15, 0.2) is 0 Å². The first-order chi connectivity index (χ1) is 14.3. The van der Waals surface area contributed by atoms with E-state index in [9.17, 15) is 4.79 Å². The average Bonchev–Trinajstić information content (AvgIpc) is 2.76. The van der Waals surface area contributed by atoms with Crippen LogP contribution in [0.25, 0.3) is 0 Å². The first kappa shape index (κ1) is 19.0. The van der Waals surface area contributed by atoms with Gasteiger partial charge in [-0.1, -0.05) is 48.5 Å². The van der Waals surface area contributed by atoms with Crippen LogP contribution in [0.1, 0.15) is 18.4 Å². The highest BCUT2D eigenvalue weighted by Crippen LogP contribution is 2.26. The minimum atomic E-state index is -0.293. The van der Waals surface area contributed by atoms with Gasteiger partial charge in [0.25, 0.3) is 0 Å². The third-order valence-electron chi connectivity index (χ3n) is 5.37. The maximum Gasteiger partial charge on any atom is 0.324 e. The van der Waals surface area contributed by atoms with E-state index in [2.05, 4.69) is 50.8 Å². The summed E-state index contributed by atoms with van der Waals surface area (Å²) in [4.78, 5) is 18.9. The Morgan fingerprint density at radius 3 is 2.24 bits per heavy atom. The van der Waals surface area contributed by atoms with Crippen molar-refractivity contribution in [3.05, 3.63) is 84.6 Å². The number of nitrogens with one attached hydrogen (secondary N) is 2. The summed E-state index contributed by atoms with van der Waals surface area (Å²) in [7, 11) is 0. The summed E-state index contributed by atoms with van der Waals surface area (Å²) in [6, 6.07) is 23.7. The van der Waals surface area contributed by atoms with Gasteiger partial charge in [-0.3, -0.25) is 5.32 Å². The molecule has 0 spiro atoms. The number of anilines is 3. The lowest BCUT2D eigenvalue weighted by atomic mass is 9.90. The molecule has 3 aromatic rings. The first-order valence-corrected chi connectivity index (χ1v) is 10.1. The molecule has 2 aromatic carbocycles. The van der Waals surface area contributed by atoms with Gasteiger partial charge in [0, 0.05) is 18.8 Å². The van der Waals surface area contributed by atoms with Crippen molar-refractivity contribution < 1.29 is 4.79 Å². The highest BCUT2D eigenvalue weighted by Gasteiger charge is 2.20. The molecule has 0 radical (unpaired) electrons. The molecule has 5 heteroatoms. The number of pyridine rings is 1. The molecule has 1 aliphatic rings. The molecule has 0 saturated carbocycles. The number of amides is 2. The van der Waals surface area contributed by atoms with Crippen molar-refractivity contribution in [2.24, 2.45) is 5.92 Å². The number of carbonyl (C=O) groups is 1.